The highest BCUT2D eigenvalue weighted by molar-refractivity contribution is 5.83. The first-order valence-electron chi connectivity index (χ1n) is 4.67. The molecule has 0 spiro atoms. The summed E-state index contributed by atoms with van der Waals surface area (Å²) in [7, 11) is 0. The molecule has 0 aromatic carbocycles. The van der Waals surface area contributed by atoms with E-state index in [1.54, 1.807) is 0 Å². The Balaban J connectivity index is 2.57. The Morgan fingerprint density at radius 2 is 2.23 bits per heavy atom. The van der Waals surface area contributed by atoms with Gasteiger partial charge in [0.05, 0.1) is 12.0 Å². The number of rotatable bonds is 3. The maximum atomic E-state index is 11.4. The Bertz CT molecular complexity index is 215. The van der Waals surface area contributed by atoms with Gasteiger partial charge in [-0.1, -0.05) is 6.92 Å². The third-order valence-corrected chi connectivity index (χ3v) is 2.31. The minimum Gasteiger partial charge on any atom is -0.548 e. The number of hydrogen-bond donors (Lipinski definition) is 0. The van der Waals surface area contributed by atoms with Crippen LogP contribution in [0.3, 0.4) is 0 Å². The second-order valence-corrected chi connectivity index (χ2v) is 3.31. The van der Waals surface area contributed by atoms with E-state index >= 15 is 0 Å². The molecule has 4 heteroatoms. The van der Waals surface area contributed by atoms with Crippen molar-refractivity contribution in [3.8, 4) is 0 Å². The predicted octanol–water partition coefficient (Wildman–Crippen LogP) is -0.473. The van der Waals surface area contributed by atoms with Crippen LogP contribution in [-0.4, -0.2) is 29.4 Å². The van der Waals surface area contributed by atoms with Crippen molar-refractivity contribution in [3.05, 3.63) is 0 Å². The maximum absolute atomic E-state index is 11.4. The molecule has 0 aromatic rings. The molecule has 1 amide bonds. The van der Waals surface area contributed by atoms with E-state index in [1.807, 2.05) is 6.92 Å². The molecule has 13 heavy (non-hydrogen) atoms. The molecule has 1 atom stereocenters. The van der Waals surface area contributed by atoms with Gasteiger partial charge in [-0.2, -0.15) is 0 Å². The van der Waals surface area contributed by atoms with Gasteiger partial charge in [-0.25, -0.2) is 0 Å². The Labute approximate surface area is 77.5 Å². The number of aliphatic carboxylic acids is 1. The van der Waals surface area contributed by atoms with Gasteiger partial charge < -0.3 is 14.8 Å². The Morgan fingerprint density at radius 1 is 1.54 bits per heavy atom. The minimum atomic E-state index is -1.12. The van der Waals surface area contributed by atoms with E-state index in [4.69, 9.17) is 0 Å². The monoisotopic (exact) mass is 184 g/mol. The quantitative estimate of drug-likeness (QED) is 0.595. The van der Waals surface area contributed by atoms with Crippen molar-refractivity contribution in [2.75, 3.05) is 6.54 Å². The fourth-order valence-electron chi connectivity index (χ4n) is 1.67. The molecule has 4 nitrogen and oxygen atoms in total. The van der Waals surface area contributed by atoms with Crippen LogP contribution >= 0.6 is 0 Å². The second-order valence-electron chi connectivity index (χ2n) is 3.31. The summed E-state index contributed by atoms with van der Waals surface area (Å²) in [6.07, 6.45) is 2.50. The van der Waals surface area contributed by atoms with E-state index in [0.717, 1.165) is 12.8 Å². The first-order chi connectivity index (χ1) is 6.16. The van der Waals surface area contributed by atoms with Crippen LogP contribution in [0.1, 0.15) is 32.6 Å². The average molecular weight is 184 g/mol. The standard InChI is InChI=1S/C9H15NO3/c1-2-4-8(11)10-6-3-5-7(10)9(12)13/h7H,2-6H2,1H3,(H,12,13)/p-1. The highest BCUT2D eigenvalue weighted by atomic mass is 16.4. The van der Waals surface area contributed by atoms with Gasteiger partial charge in [0.15, 0.2) is 0 Å². The molecule has 1 saturated heterocycles. The summed E-state index contributed by atoms with van der Waals surface area (Å²) < 4.78 is 0. The van der Waals surface area contributed by atoms with Crippen molar-refractivity contribution in [2.24, 2.45) is 0 Å². The number of carboxylic acids is 1. The molecule has 0 saturated carbocycles. The number of carbonyl (C=O) groups excluding carboxylic acids is 2. The summed E-state index contributed by atoms with van der Waals surface area (Å²) in [6, 6.07) is -0.681. The van der Waals surface area contributed by atoms with Crippen LogP contribution in [-0.2, 0) is 9.59 Å². The van der Waals surface area contributed by atoms with Crippen LogP contribution < -0.4 is 5.11 Å². The first-order valence-corrected chi connectivity index (χ1v) is 4.67. The smallest absolute Gasteiger partial charge is 0.223 e. The van der Waals surface area contributed by atoms with Crippen LogP contribution in [0.4, 0.5) is 0 Å². The number of carbonyl (C=O) groups is 2. The van der Waals surface area contributed by atoms with Gasteiger partial charge in [0, 0.05) is 13.0 Å². The zero-order chi connectivity index (χ0) is 9.84. The summed E-state index contributed by atoms with van der Waals surface area (Å²) in [5.41, 5.74) is 0. The lowest BCUT2D eigenvalue weighted by molar-refractivity contribution is -0.310. The predicted molar refractivity (Wildman–Crippen MR) is 44.7 cm³/mol. The van der Waals surface area contributed by atoms with Crippen LogP contribution in [0.2, 0.25) is 0 Å². The van der Waals surface area contributed by atoms with E-state index in [2.05, 4.69) is 0 Å². The van der Waals surface area contributed by atoms with Crippen LogP contribution in [0.5, 0.6) is 0 Å². The van der Waals surface area contributed by atoms with E-state index in [-0.39, 0.29) is 5.91 Å². The van der Waals surface area contributed by atoms with Crippen LogP contribution in [0.25, 0.3) is 0 Å². The molecular weight excluding hydrogens is 170 g/mol. The van der Waals surface area contributed by atoms with Crippen molar-refractivity contribution < 1.29 is 14.7 Å². The lowest BCUT2D eigenvalue weighted by Crippen LogP contribution is -2.46. The fourth-order valence-corrected chi connectivity index (χ4v) is 1.67. The fraction of sp³-hybridized carbons (Fsp3) is 0.778. The van der Waals surface area contributed by atoms with Gasteiger partial charge in [-0.3, -0.25) is 4.79 Å². The molecule has 1 unspecified atom stereocenters. The molecule has 1 aliphatic heterocycles. The van der Waals surface area contributed by atoms with Crippen LogP contribution in [0.15, 0.2) is 0 Å². The van der Waals surface area contributed by atoms with Gasteiger partial charge in [0.25, 0.3) is 0 Å². The van der Waals surface area contributed by atoms with E-state index in [1.165, 1.54) is 4.90 Å². The molecular formula is C9H14NO3-. The van der Waals surface area contributed by atoms with Gasteiger partial charge in [-0.05, 0) is 19.3 Å². The Kier molecular flexibility index (Phi) is 3.28. The maximum Gasteiger partial charge on any atom is 0.223 e. The molecule has 0 aliphatic carbocycles. The van der Waals surface area contributed by atoms with Gasteiger partial charge in [0.2, 0.25) is 5.91 Å². The lowest BCUT2D eigenvalue weighted by Gasteiger charge is -2.25. The molecule has 1 fully saturated rings. The third kappa shape index (κ3) is 2.20. The summed E-state index contributed by atoms with van der Waals surface area (Å²) in [4.78, 5) is 23.4. The van der Waals surface area contributed by atoms with Crippen molar-refractivity contribution >= 4 is 11.9 Å². The summed E-state index contributed by atoms with van der Waals surface area (Å²) >= 11 is 0. The molecule has 0 radical (unpaired) electrons. The zero-order valence-corrected chi connectivity index (χ0v) is 7.78. The zero-order valence-electron chi connectivity index (χ0n) is 7.78. The van der Waals surface area contributed by atoms with Crippen molar-refractivity contribution in [1.29, 1.82) is 0 Å². The summed E-state index contributed by atoms with van der Waals surface area (Å²) in [5.74, 6) is -1.18. The normalized spacial score (nSPS) is 21.9. The third-order valence-electron chi connectivity index (χ3n) is 2.31. The Morgan fingerprint density at radius 3 is 2.77 bits per heavy atom. The SMILES string of the molecule is CCCC(=O)N1CCCC1C(=O)[O-]. The Hall–Kier alpha value is -1.06. The van der Waals surface area contributed by atoms with Gasteiger partial charge in [0.1, 0.15) is 0 Å². The van der Waals surface area contributed by atoms with Gasteiger partial charge in [-0.15, -0.1) is 0 Å². The van der Waals surface area contributed by atoms with Crippen LogP contribution in [0, 0.1) is 0 Å². The topological polar surface area (TPSA) is 60.4 Å². The number of nitrogens with zero attached hydrogens (tertiary/aromatic N) is 1. The van der Waals surface area contributed by atoms with E-state index < -0.39 is 12.0 Å². The highest BCUT2D eigenvalue weighted by Crippen LogP contribution is 2.17. The molecule has 1 aliphatic rings. The number of amides is 1. The van der Waals surface area contributed by atoms with E-state index in [0.29, 0.717) is 19.4 Å². The van der Waals surface area contributed by atoms with Crippen molar-refractivity contribution in [3.63, 3.8) is 0 Å². The summed E-state index contributed by atoms with van der Waals surface area (Å²) in [5, 5.41) is 10.6. The highest BCUT2D eigenvalue weighted by Gasteiger charge is 2.28. The molecule has 0 bridgehead atoms. The molecule has 0 aromatic heterocycles. The average Bonchev–Trinajstić information content (AvgIpc) is 2.52. The lowest BCUT2D eigenvalue weighted by atomic mass is 10.2. The largest absolute Gasteiger partial charge is 0.548 e. The van der Waals surface area contributed by atoms with Crippen molar-refractivity contribution in [2.45, 2.75) is 38.6 Å². The number of likely N-dealkylation sites (tertiary alicyclic amines) is 1. The molecule has 0 N–H and O–H groups in total. The van der Waals surface area contributed by atoms with E-state index in [9.17, 15) is 14.7 Å². The molecule has 74 valence electrons. The van der Waals surface area contributed by atoms with Gasteiger partial charge >= 0.3 is 0 Å². The molecule has 1 heterocycles. The first kappa shape index (κ1) is 10.0. The summed E-state index contributed by atoms with van der Waals surface area (Å²) in [6.45, 7) is 2.47. The molecule has 1 rings (SSSR count). The number of carboxylic acid groups (broad SMARTS) is 1. The number of hydrogen-bond acceptors (Lipinski definition) is 3. The van der Waals surface area contributed by atoms with Crippen molar-refractivity contribution in [1.82, 2.24) is 4.90 Å². The minimum absolute atomic E-state index is 0.0609. The second kappa shape index (κ2) is 4.25.